The van der Waals surface area contributed by atoms with E-state index in [-0.39, 0.29) is 4.87 Å². The van der Waals surface area contributed by atoms with Crippen molar-refractivity contribution in [1.29, 1.82) is 0 Å². The maximum absolute atomic E-state index is 6.54. The van der Waals surface area contributed by atoms with Crippen molar-refractivity contribution in [3.8, 4) is 0 Å². The summed E-state index contributed by atoms with van der Waals surface area (Å²) in [7, 11) is 0. The molecule has 1 aliphatic heterocycles. The van der Waals surface area contributed by atoms with Gasteiger partial charge in [0, 0.05) is 4.87 Å². The van der Waals surface area contributed by atoms with E-state index in [1.807, 2.05) is 0 Å². The zero-order valence-corrected chi connectivity index (χ0v) is 7.66. The van der Waals surface area contributed by atoms with Gasteiger partial charge in [0.2, 0.25) is 0 Å². The predicted octanol–water partition coefficient (Wildman–Crippen LogP) is 2.15. The lowest BCUT2D eigenvalue weighted by Crippen LogP contribution is -2.48. The van der Waals surface area contributed by atoms with Gasteiger partial charge in [-0.25, -0.2) is 0 Å². The van der Waals surface area contributed by atoms with Crippen molar-refractivity contribution in [2.45, 2.75) is 37.0 Å². The van der Waals surface area contributed by atoms with Crippen LogP contribution in [0.25, 0.3) is 0 Å². The third kappa shape index (κ3) is 1.41. The highest BCUT2D eigenvalue weighted by molar-refractivity contribution is 6.24. The quantitative estimate of drug-likeness (QED) is 0.554. The van der Waals surface area contributed by atoms with Crippen LogP contribution in [0.15, 0.2) is 0 Å². The average Bonchev–Trinajstić information content (AvgIpc) is 2.03. The first-order valence-electron chi connectivity index (χ1n) is 4.71. The lowest BCUT2D eigenvalue weighted by molar-refractivity contribution is 0.211. The summed E-state index contributed by atoms with van der Waals surface area (Å²) in [6, 6.07) is 0. The second-order valence-corrected chi connectivity index (χ2v) is 4.68. The minimum absolute atomic E-state index is 0.184. The Bertz CT molecular complexity index is 134. The molecule has 0 spiro atoms. The second-order valence-electron chi connectivity index (χ2n) is 3.93. The van der Waals surface area contributed by atoms with Crippen molar-refractivity contribution in [1.82, 2.24) is 5.32 Å². The Morgan fingerprint density at radius 3 is 3.00 bits per heavy atom. The van der Waals surface area contributed by atoms with Crippen molar-refractivity contribution in [2.24, 2.45) is 5.92 Å². The van der Waals surface area contributed by atoms with Crippen molar-refractivity contribution in [2.75, 3.05) is 13.1 Å². The summed E-state index contributed by atoms with van der Waals surface area (Å²) in [5, 5.41) is 3.42. The monoisotopic (exact) mass is 173 g/mol. The van der Waals surface area contributed by atoms with Crippen LogP contribution in [0.5, 0.6) is 0 Å². The van der Waals surface area contributed by atoms with E-state index in [4.69, 9.17) is 11.6 Å². The highest BCUT2D eigenvalue weighted by atomic mass is 35.5. The van der Waals surface area contributed by atoms with Gasteiger partial charge >= 0.3 is 0 Å². The largest absolute Gasteiger partial charge is 0.316 e. The van der Waals surface area contributed by atoms with Crippen molar-refractivity contribution in [3.05, 3.63) is 0 Å². The number of piperidine rings is 1. The van der Waals surface area contributed by atoms with E-state index >= 15 is 0 Å². The lowest BCUT2D eigenvalue weighted by atomic mass is 9.75. The molecule has 2 atom stereocenters. The molecular formula is C9H16ClN. The van der Waals surface area contributed by atoms with E-state index in [2.05, 4.69) is 5.32 Å². The molecule has 2 aliphatic rings. The normalized spacial score (nSPS) is 45.0. The Balaban J connectivity index is 2.06. The van der Waals surface area contributed by atoms with Gasteiger partial charge in [0.05, 0.1) is 0 Å². The zero-order valence-electron chi connectivity index (χ0n) is 6.91. The third-order valence-electron chi connectivity index (χ3n) is 3.23. The van der Waals surface area contributed by atoms with Gasteiger partial charge in [-0.05, 0) is 38.3 Å². The number of nitrogens with one attached hydrogen (secondary N) is 1. The SMILES string of the molecule is Cl[C@]12CCCC[C@@H]1CNCC2. The van der Waals surface area contributed by atoms with Crippen LogP contribution in [0.1, 0.15) is 32.1 Å². The van der Waals surface area contributed by atoms with E-state index in [9.17, 15) is 0 Å². The van der Waals surface area contributed by atoms with Gasteiger partial charge in [-0.3, -0.25) is 0 Å². The molecule has 0 aromatic carbocycles. The molecule has 0 aromatic heterocycles. The molecule has 2 fully saturated rings. The van der Waals surface area contributed by atoms with Crippen LogP contribution in [0, 0.1) is 5.92 Å². The molecule has 2 heteroatoms. The fourth-order valence-corrected chi connectivity index (χ4v) is 2.87. The first-order valence-corrected chi connectivity index (χ1v) is 5.09. The fraction of sp³-hybridized carbons (Fsp3) is 1.00. The van der Waals surface area contributed by atoms with E-state index in [0.29, 0.717) is 0 Å². The van der Waals surface area contributed by atoms with E-state index in [0.717, 1.165) is 19.0 Å². The van der Waals surface area contributed by atoms with Crippen molar-refractivity contribution in [3.63, 3.8) is 0 Å². The molecule has 64 valence electrons. The van der Waals surface area contributed by atoms with Gasteiger partial charge in [-0.1, -0.05) is 12.8 Å². The van der Waals surface area contributed by atoms with Gasteiger partial charge in [0.1, 0.15) is 0 Å². The minimum atomic E-state index is 0.184. The highest BCUT2D eigenvalue weighted by Gasteiger charge is 2.40. The highest BCUT2D eigenvalue weighted by Crippen LogP contribution is 2.42. The van der Waals surface area contributed by atoms with Crippen LogP contribution in [-0.2, 0) is 0 Å². The van der Waals surface area contributed by atoms with Gasteiger partial charge in [-0.2, -0.15) is 0 Å². The standard InChI is InChI=1S/C9H16ClN/c10-9-4-2-1-3-8(9)7-11-6-5-9/h8,11H,1-7H2/t8-,9+/m1/s1. The summed E-state index contributed by atoms with van der Waals surface area (Å²) in [6.07, 6.45) is 6.51. The van der Waals surface area contributed by atoms with Crippen LogP contribution in [0.3, 0.4) is 0 Å². The van der Waals surface area contributed by atoms with E-state index < -0.39 is 0 Å². The second kappa shape index (κ2) is 2.95. The van der Waals surface area contributed by atoms with Crippen LogP contribution < -0.4 is 5.32 Å². The smallest absolute Gasteiger partial charge is 0.0499 e. The number of fused-ring (bicyclic) bond motifs is 1. The Morgan fingerprint density at radius 2 is 2.18 bits per heavy atom. The molecule has 0 bridgehead atoms. The van der Waals surface area contributed by atoms with E-state index in [1.54, 1.807) is 0 Å². The molecule has 0 amide bonds. The molecular weight excluding hydrogens is 158 g/mol. The Labute approximate surface area is 73.5 Å². The van der Waals surface area contributed by atoms with Crippen LogP contribution in [0.4, 0.5) is 0 Å². The van der Waals surface area contributed by atoms with Crippen molar-refractivity contribution < 1.29 is 0 Å². The molecule has 1 saturated heterocycles. The number of hydrogen-bond donors (Lipinski definition) is 1. The molecule has 1 saturated carbocycles. The number of alkyl halides is 1. The first-order chi connectivity index (χ1) is 5.31. The van der Waals surface area contributed by atoms with Crippen LogP contribution >= 0.6 is 11.6 Å². The molecule has 1 aliphatic carbocycles. The maximum atomic E-state index is 6.54. The number of halogens is 1. The summed E-state index contributed by atoms with van der Waals surface area (Å²) >= 11 is 6.54. The van der Waals surface area contributed by atoms with Crippen LogP contribution in [0.2, 0.25) is 0 Å². The summed E-state index contributed by atoms with van der Waals surface area (Å²) < 4.78 is 0. The topological polar surface area (TPSA) is 12.0 Å². The van der Waals surface area contributed by atoms with Gasteiger partial charge < -0.3 is 5.32 Å². The van der Waals surface area contributed by atoms with Gasteiger partial charge in [-0.15, -0.1) is 11.6 Å². The summed E-state index contributed by atoms with van der Waals surface area (Å²) in [6.45, 7) is 2.28. The van der Waals surface area contributed by atoms with Crippen LogP contribution in [-0.4, -0.2) is 18.0 Å². The predicted molar refractivity (Wildman–Crippen MR) is 48.0 cm³/mol. The average molecular weight is 174 g/mol. The Morgan fingerprint density at radius 1 is 1.27 bits per heavy atom. The van der Waals surface area contributed by atoms with E-state index in [1.165, 1.54) is 32.1 Å². The molecule has 0 aromatic rings. The molecule has 11 heavy (non-hydrogen) atoms. The summed E-state index contributed by atoms with van der Waals surface area (Å²) in [4.78, 5) is 0.184. The molecule has 2 rings (SSSR count). The van der Waals surface area contributed by atoms with Gasteiger partial charge in [0.25, 0.3) is 0 Å². The summed E-state index contributed by atoms with van der Waals surface area (Å²) in [5.41, 5.74) is 0. The Hall–Kier alpha value is 0.250. The van der Waals surface area contributed by atoms with Crippen molar-refractivity contribution >= 4 is 11.6 Å². The molecule has 1 nitrogen and oxygen atoms in total. The maximum Gasteiger partial charge on any atom is 0.0499 e. The molecule has 1 N–H and O–H groups in total. The number of hydrogen-bond acceptors (Lipinski definition) is 1. The molecule has 1 heterocycles. The lowest BCUT2D eigenvalue weighted by Gasteiger charge is -2.43. The number of rotatable bonds is 0. The zero-order chi connectivity index (χ0) is 7.73. The minimum Gasteiger partial charge on any atom is -0.316 e. The molecule has 0 radical (unpaired) electrons. The fourth-order valence-electron chi connectivity index (χ4n) is 2.46. The third-order valence-corrected chi connectivity index (χ3v) is 3.92. The van der Waals surface area contributed by atoms with Gasteiger partial charge in [0.15, 0.2) is 0 Å². The molecule has 0 unspecified atom stereocenters. The summed E-state index contributed by atoms with van der Waals surface area (Å²) in [5.74, 6) is 0.756. The first kappa shape index (κ1) is 7.88. The Kier molecular flexibility index (Phi) is 2.11.